The molecular weight excluding hydrogens is 1020 g/mol. The zero-order valence-corrected chi connectivity index (χ0v) is 55.2. The lowest BCUT2D eigenvalue weighted by Gasteiger charge is -2.18. The Morgan fingerprint density at radius 1 is 0.253 bits per heavy atom. The fraction of sp³-hybridized carbons (Fsp3) is 0.779. The van der Waals surface area contributed by atoms with Gasteiger partial charge in [-0.25, -0.2) is 0 Å². The fourth-order valence-corrected chi connectivity index (χ4v) is 10.4. The predicted molar refractivity (Wildman–Crippen MR) is 362 cm³/mol. The van der Waals surface area contributed by atoms with Crippen LogP contribution in [0, 0.1) is 0 Å². The summed E-state index contributed by atoms with van der Waals surface area (Å²) in [7, 11) is 0. The first-order valence-corrected chi connectivity index (χ1v) is 36.1. The van der Waals surface area contributed by atoms with E-state index in [0.29, 0.717) is 19.3 Å². The maximum absolute atomic E-state index is 12.9. The van der Waals surface area contributed by atoms with Crippen molar-refractivity contribution in [1.29, 1.82) is 0 Å². The monoisotopic (exact) mass is 1160 g/mol. The van der Waals surface area contributed by atoms with Crippen LogP contribution in [-0.2, 0) is 28.6 Å². The van der Waals surface area contributed by atoms with E-state index in [0.717, 1.165) is 96.3 Å². The molecule has 1 unspecified atom stereocenters. The van der Waals surface area contributed by atoms with Gasteiger partial charge in [0.15, 0.2) is 6.10 Å². The van der Waals surface area contributed by atoms with Gasteiger partial charge in [0.1, 0.15) is 13.2 Å². The third-order valence-electron chi connectivity index (χ3n) is 15.9. The third kappa shape index (κ3) is 69.3. The van der Waals surface area contributed by atoms with Gasteiger partial charge < -0.3 is 14.2 Å². The number of ether oxygens (including phenoxy) is 3. The summed E-state index contributed by atoms with van der Waals surface area (Å²) in [5, 5.41) is 0. The van der Waals surface area contributed by atoms with E-state index in [9.17, 15) is 14.4 Å². The van der Waals surface area contributed by atoms with E-state index in [4.69, 9.17) is 14.2 Å². The minimum atomic E-state index is -0.781. The van der Waals surface area contributed by atoms with Crippen molar-refractivity contribution in [2.45, 2.75) is 374 Å². The van der Waals surface area contributed by atoms with Crippen LogP contribution in [0.15, 0.2) is 85.1 Å². The smallest absolute Gasteiger partial charge is 0.306 e. The number of hydrogen-bond acceptors (Lipinski definition) is 6. The second-order valence-electron chi connectivity index (χ2n) is 24.1. The summed E-state index contributed by atoms with van der Waals surface area (Å²) in [6.45, 7) is 6.52. The predicted octanol–water partition coefficient (Wildman–Crippen LogP) is 25.0. The van der Waals surface area contributed by atoms with Gasteiger partial charge in [0.25, 0.3) is 0 Å². The Morgan fingerprint density at radius 2 is 0.482 bits per heavy atom. The maximum atomic E-state index is 12.9. The molecule has 6 heteroatoms. The molecule has 0 aromatic rings. The number of carbonyl (C=O) groups excluding carboxylic acids is 3. The van der Waals surface area contributed by atoms with Gasteiger partial charge in [0.2, 0.25) is 0 Å². The first kappa shape index (κ1) is 79.6. The summed E-state index contributed by atoms with van der Waals surface area (Å²) in [5.74, 6) is -0.870. The van der Waals surface area contributed by atoms with Crippen molar-refractivity contribution in [1.82, 2.24) is 0 Å². The van der Waals surface area contributed by atoms with E-state index in [-0.39, 0.29) is 31.1 Å². The van der Waals surface area contributed by atoms with Gasteiger partial charge in [-0.1, -0.05) is 324 Å². The minimum Gasteiger partial charge on any atom is -0.462 e. The Morgan fingerprint density at radius 3 is 0.783 bits per heavy atom. The molecule has 0 saturated carbocycles. The zero-order valence-electron chi connectivity index (χ0n) is 55.2. The lowest BCUT2D eigenvalue weighted by molar-refractivity contribution is -0.167. The molecule has 0 N–H and O–H groups in total. The van der Waals surface area contributed by atoms with Crippen molar-refractivity contribution in [2.24, 2.45) is 0 Å². The van der Waals surface area contributed by atoms with E-state index in [2.05, 4.69) is 106 Å². The van der Waals surface area contributed by atoms with E-state index >= 15 is 0 Å². The lowest BCUT2D eigenvalue weighted by atomic mass is 10.0. The highest BCUT2D eigenvalue weighted by atomic mass is 16.6. The van der Waals surface area contributed by atoms with Crippen LogP contribution in [0.3, 0.4) is 0 Å². The van der Waals surface area contributed by atoms with Gasteiger partial charge in [-0.15, -0.1) is 0 Å². The molecule has 0 aliphatic rings. The van der Waals surface area contributed by atoms with E-state index < -0.39 is 6.10 Å². The molecule has 0 spiro atoms. The molecule has 0 heterocycles. The van der Waals surface area contributed by atoms with Crippen LogP contribution in [0.5, 0.6) is 0 Å². The average Bonchev–Trinajstić information content (AvgIpc) is 3.48. The lowest BCUT2D eigenvalue weighted by Crippen LogP contribution is -2.30. The SMILES string of the molecule is CC/C=C\C/C=C\C/C=C\C/C=C\CCCCCCCCCCCCCCC(=O)OC(COC(=O)CCCCCCC/C=C\CCCC)COC(=O)CCCCCCCCCCCCCCCCCCC/C=C\C/C=C\CCCCCCC. The molecule has 0 bridgehead atoms. The topological polar surface area (TPSA) is 78.9 Å². The summed E-state index contributed by atoms with van der Waals surface area (Å²) in [4.78, 5) is 38.4. The Labute approximate surface area is 515 Å². The molecule has 0 radical (unpaired) electrons. The normalized spacial score (nSPS) is 12.6. The van der Waals surface area contributed by atoms with E-state index in [1.165, 1.54) is 231 Å². The number of esters is 3. The van der Waals surface area contributed by atoms with Crippen LogP contribution in [0.1, 0.15) is 367 Å². The van der Waals surface area contributed by atoms with Crippen molar-refractivity contribution in [2.75, 3.05) is 13.2 Å². The Bertz CT molecular complexity index is 1570. The number of carbonyl (C=O) groups is 3. The summed E-state index contributed by atoms with van der Waals surface area (Å²) in [5.41, 5.74) is 0. The van der Waals surface area contributed by atoms with E-state index in [1.54, 1.807) is 0 Å². The van der Waals surface area contributed by atoms with Crippen molar-refractivity contribution in [3.8, 4) is 0 Å². The van der Waals surface area contributed by atoms with Gasteiger partial charge >= 0.3 is 17.9 Å². The molecule has 1 atom stereocenters. The highest BCUT2D eigenvalue weighted by molar-refractivity contribution is 5.71. The molecule has 0 rings (SSSR count). The number of rotatable bonds is 66. The molecule has 0 fully saturated rings. The van der Waals surface area contributed by atoms with Crippen LogP contribution in [-0.4, -0.2) is 37.2 Å². The first-order chi connectivity index (χ1) is 41.0. The first-order valence-electron chi connectivity index (χ1n) is 36.1. The van der Waals surface area contributed by atoms with Crippen LogP contribution < -0.4 is 0 Å². The number of allylic oxidation sites excluding steroid dienone is 14. The van der Waals surface area contributed by atoms with Gasteiger partial charge in [-0.3, -0.25) is 14.4 Å². The summed E-state index contributed by atoms with van der Waals surface area (Å²) in [6, 6.07) is 0. The van der Waals surface area contributed by atoms with Gasteiger partial charge in [-0.05, 0) is 109 Å². The fourth-order valence-electron chi connectivity index (χ4n) is 10.4. The van der Waals surface area contributed by atoms with Crippen molar-refractivity contribution in [3.05, 3.63) is 85.1 Å². The number of hydrogen-bond donors (Lipinski definition) is 0. The standard InChI is InChI=1S/C77H136O6/c1-4-7-10-13-16-19-22-24-26-28-30-32-34-36-37-38-39-41-42-44-46-48-50-52-55-58-61-64-67-70-76(79)82-73-74(72-81-75(78)69-66-63-60-57-54-21-18-15-12-9-6-3)83-77(80)71-68-65-62-59-56-53-51-49-47-45-43-40-35-33-31-29-27-25-23-20-17-14-11-8-5-2/h8,11,15,17-18,20,22,24-25,27-28,30-31,33,74H,4-7,9-10,12-14,16,19,21,23,26,29,32,34-73H2,1-3H3/b11-8-,18-15-,20-17-,24-22-,27-25-,30-28-,33-31-. The molecule has 480 valence electrons. The van der Waals surface area contributed by atoms with Gasteiger partial charge in [-0.2, -0.15) is 0 Å². The highest BCUT2D eigenvalue weighted by Gasteiger charge is 2.19. The molecule has 0 aromatic heterocycles. The molecule has 0 aromatic carbocycles. The van der Waals surface area contributed by atoms with E-state index in [1.807, 2.05) is 0 Å². The van der Waals surface area contributed by atoms with Crippen LogP contribution in [0.2, 0.25) is 0 Å². The summed E-state index contributed by atoms with van der Waals surface area (Å²) < 4.78 is 17.0. The number of unbranched alkanes of at least 4 members (excludes halogenated alkanes) is 41. The maximum Gasteiger partial charge on any atom is 0.306 e. The largest absolute Gasteiger partial charge is 0.462 e. The molecule has 6 nitrogen and oxygen atoms in total. The van der Waals surface area contributed by atoms with Crippen LogP contribution in [0.4, 0.5) is 0 Å². The summed E-state index contributed by atoms with van der Waals surface area (Å²) >= 11 is 0. The summed E-state index contributed by atoms with van der Waals surface area (Å²) in [6.07, 6.45) is 94.8. The molecule has 0 saturated heterocycles. The molecule has 83 heavy (non-hydrogen) atoms. The van der Waals surface area contributed by atoms with Crippen LogP contribution in [0.25, 0.3) is 0 Å². The second-order valence-corrected chi connectivity index (χ2v) is 24.1. The Hall–Kier alpha value is -3.41. The Kier molecular flexibility index (Phi) is 68.2. The van der Waals surface area contributed by atoms with Gasteiger partial charge in [0, 0.05) is 19.3 Å². The van der Waals surface area contributed by atoms with Crippen molar-refractivity contribution < 1.29 is 28.6 Å². The van der Waals surface area contributed by atoms with Crippen molar-refractivity contribution >= 4 is 17.9 Å². The minimum absolute atomic E-state index is 0.0763. The van der Waals surface area contributed by atoms with Crippen molar-refractivity contribution in [3.63, 3.8) is 0 Å². The van der Waals surface area contributed by atoms with Crippen LogP contribution >= 0.6 is 0 Å². The Balaban J connectivity index is 4.18. The molecular formula is C77H136O6. The average molecular weight is 1160 g/mol. The third-order valence-corrected chi connectivity index (χ3v) is 15.9. The quantitative estimate of drug-likeness (QED) is 0.0261. The molecule has 0 aliphatic heterocycles. The molecule has 0 amide bonds. The van der Waals surface area contributed by atoms with Gasteiger partial charge in [0.05, 0.1) is 0 Å². The second kappa shape index (κ2) is 71.1. The molecule has 0 aliphatic carbocycles. The highest BCUT2D eigenvalue weighted by Crippen LogP contribution is 2.18. The zero-order chi connectivity index (χ0) is 59.9.